The fraction of sp³-hybridized carbons (Fsp3) is 0.643. The highest BCUT2D eigenvalue weighted by atomic mass is 16.4. The van der Waals surface area contributed by atoms with Crippen molar-refractivity contribution >= 4 is 11.8 Å². The number of anilines is 1. The number of aryl methyl sites for hydroxylation is 2. The molecule has 0 atom stereocenters. The average Bonchev–Trinajstić information content (AvgIpc) is 2.47. The van der Waals surface area contributed by atoms with Gasteiger partial charge in [-0.3, -0.25) is 4.79 Å². The van der Waals surface area contributed by atoms with Crippen LogP contribution in [-0.4, -0.2) is 34.4 Å². The molecule has 0 bridgehead atoms. The summed E-state index contributed by atoms with van der Waals surface area (Å²) in [5.41, 5.74) is 2.48. The molecule has 1 aromatic rings. The molecule has 0 unspecified atom stereocenters. The van der Waals surface area contributed by atoms with Gasteiger partial charge in [0.1, 0.15) is 0 Å². The Bertz CT molecular complexity index is 482. The zero-order valence-corrected chi connectivity index (χ0v) is 11.0. The van der Waals surface area contributed by atoms with Crippen molar-refractivity contribution in [1.82, 2.24) is 10.2 Å². The fourth-order valence-electron chi connectivity index (χ4n) is 2.99. The van der Waals surface area contributed by atoms with E-state index in [1.54, 1.807) is 0 Å². The Kier molecular flexibility index (Phi) is 3.36. The second-order valence-electron chi connectivity index (χ2n) is 5.48. The van der Waals surface area contributed by atoms with Gasteiger partial charge in [0, 0.05) is 13.1 Å². The minimum absolute atomic E-state index is 0.193. The molecule has 1 N–H and O–H groups in total. The molecule has 1 aliphatic carbocycles. The van der Waals surface area contributed by atoms with Gasteiger partial charge < -0.3 is 10.0 Å². The third kappa shape index (κ3) is 2.55. The minimum atomic E-state index is -0.670. The number of rotatable bonds is 2. The van der Waals surface area contributed by atoms with Crippen LogP contribution < -0.4 is 4.90 Å². The molecule has 0 radical (unpaired) electrons. The van der Waals surface area contributed by atoms with Gasteiger partial charge in [0.2, 0.25) is 0 Å². The van der Waals surface area contributed by atoms with Gasteiger partial charge >= 0.3 is 5.97 Å². The number of aromatic nitrogens is 2. The van der Waals surface area contributed by atoms with Gasteiger partial charge in [-0.2, -0.15) is 5.10 Å². The topological polar surface area (TPSA) is 66.3 Å². The van der Waals surface area contributed by atoms with Crippen LogP contribution in [0.15, 0.2) is 6.07 Å². The van der Waals surface area contributed by atoms with Crippen molar-refractivity contribution in [1.29, 1.82) is 0 Å². The van der Waals surface area contributed by atoms with Crippen LogP contribution in [-0.2, 0) is 17.6 Å². The van der Waals surface area contributed by atoms with Gasteiger partial charge in [0.25, 0.3) is 0 Å². The number of aliphatic carboxylic acids is 1. The SMILES string of the molecule is O=C(O)C1CCN(c2cc3c(nn2)CCCC3)CC1. The molecule has 2 heterocycles. The molecule has 1 aliphatic heterocycles. The van der Waals surface area contributed by atoms with E-state index in [4.69, 9.17) is 5.11 Å². The second-order valence-corrected chi connectivity index (χ2v) is 5.48. The predicted molar refractivity (Wildman–Crippen MR) is 71.2 cm³/mol. The van der Waals surface area contributed by atoms with E-state index in [9.17, 15) is 4.79 Å². The molecule has 5 nitrogen and oxygen atoms in total. The van der Waals surface area contributed by atoms with Gasteiger partial charge in [-0.05, 0) is 50.2 Å². The number of carboxylic acid groups (broad SMARTS) is 1. The molecular weight excluding hydrogens is 242 g/mol. The summed E-state index contributed by atoms with van der Waals surface area (Å²) in [7, 11) is 0. The van der Waals surface area contributed by atoms with Crippen molar-refractivity contribution in [2.24, 2.45) is 5.92 Å². The van der Waals surface area contributed by atoms with E-state index in [0.29, 0.717) is 12.8 Å². The van der Waals surface area contributed by atoms with E-state index in [0.717, 1.165) is 37.4 Å². The van der Waals surface area contributed by atoms with Gasteiger partial charge in [0.15, 0.2) is 5.82 Å². The maximum atomic E-state index is 10.9. The van der Waals surface area contributed by atoms with Crippen LogP contribution in [0.25, 0.3) is 0 Å². The first kappa shape index (κ1) is 12.4. The van der Waals surface area contributed by atoms with Crippen molar-refractivity contribution in [2.45, 2.75) is 38.5 Å². The quantitative estimate of drug-likeness (QED) is 0.877. The van der Waals surface area contributed by atoms with E-state index in [1.165, 1.54) is 18.4 Å². The third-order valence-electron chi connectivity index (χ3n) is 4.23. The number of piperidine rings is 1. The lowest BCUT2D eigenvalue weighted by atomic mass is 9.95. The Morgan fingerprint density at radius 2 is 1.95 bits per heavy atom. The molecule has 2 aliphatic rings. The molecule has 0 aromatic carbocycles. The Labute approximate surface area is 112 Å². The van der Waals surface area contributed by atoms with Crippen LogP contribution >= 0.6 is 0 Å². The lowest BCUT2D eigenvalue weighted by Crippen LogP contribution is -2.37. The number of hydrogen-bond acceptors (Lipinski definition) is 4. The molecule has 102 valence electrons. The molecule has 0 spiro atoms. The first-order valence-electron chi connectivity index (χ1n) is 7.07. The van der Waals surface area contributed by atoms with E-state index < -0.39 is 5.97 Å². The smallest absolute Gasteiger partial charge is 0.306 e. The molecular formula is C14H19N3O2. The molecule has 0 saturated carbocycles. The predicted octanol–water partition coefficient (Wildman–Crippen LogP) is 1.66. The summed E-state index contributed by atoms with van der Waals surface area (Å²) in [5, 5.41) is 17.7. The fourth-order valence-corrected chi connectivity index (χ4v) is 2.99. The molecule has 1 fully saturated rings. The lowest BCUT2D eigenvalue weighted by molar-refractivity contribution is -0.142. The summed E-state index contributed by atoms with van der Waals surface area (Å²) in [6.07, 6.45) is 6.00. The number of carboxylic acids is 1. The Morgan fingerprint density at radius 1 is 1.21 bits per heavy atom. The van der Waals surface area contributed by atoms with E-state index >= 15 is 0 Å². The standard InChI is InChI=1S/C14H19N3O2/c18-14(19)10-5-7-17(8-6-10)13-9-11-3-1-2-4-12(11)15-16-13/h9-10H,1-8H2,(H,18,19). The lowest BCUT2D eigenvalue weighted by Gasteiger charge is -2.31. The maximum Gasteiger partial charge on any atom is 0.306 e. The van der Waals surface area contributed by atoms with Gasteiger partial charge in [-0.1, -0.05) is 0 Å². The van der Waals surface area contributed by atoms with Crippen molar-refractivity contribution in [3.05, 3.63) is 17.3 Å². The monoisotopic (exact) mass is 261 g/mol. The van der Waals surface area contributed by atoms with Crippen LogP contribution in [0, 0.1) is 5.92 Å². The largest absolute Gasteiger partial charge is 0.481 e. The van der Waals surface area contributed by atoms with E-state index in [2.05, 4.69) is 21.2 Å². The molecule has 0 amide bonds. The Balaban J connectivity index is 1.71. The highest BCUT2D eigenvalue weighted by molar-refractivity contribution is 5.70. The minimum Gasteiger partial charge on any atom is -0.481 e. The van der Waals surface area contributed by atoms with E-state index in [-0.39, 0.29) is 5.92 Å². The van der Waals surface area contributed by atoms with Crippen LogP contribution in [0.1, 0.15) is 36.9 Å². The zero-order chi connectivity index (χ0) is 13.2. The summed E-state index contributed by atoms with van der Waals surface area (Å²) in [4.78, 5) is 13.1. The molecule has 1 saturated heterocycles. The van der Waals surface area contributed by atoms with Crippen LogP contribution in [0.3, 0.4) is 0 Å². The Morgan fingerprint density at radius 3 is 2.68 bits per heavy atom. The van der Waals surface area contributed by atoms with Crippen molar-refractivity contribution in [3.8, 4) is 0 Å². The van der Waals surface area contributed by atoms with Gasteiger partial charge in [0.05, 0.1) is 11.6 Å². The number of carbonyl (C=O) groups is 1. The summed E-state index contributed by atoms with van der Waals surface area (Å²) in [6, 6.07) is 2.16. The normalized spacial score (nSPS) is 20.1. The van der Waals surface area contributed by atoms with Gasteiger partial charge in [-0.25, -0.2) is 0 Å². The highest BCUT2D eigenvalue weighted by Crippen LogP contribution is 2.25. The van der Waals surface area contributed by atoms with Crippen molar-refractivity contribution in [2.75, 3.05) is 18.0 Å². The van der Waals surface area contributed by atoms with Crippen LogP contribution in [0.2, 0.25) is 0 Å². The molecule has 3 rings (SSSR count). The number of hydrogen-bond donors (Lipinski definition) is 1. The van der Waals surface area contributed by atoms with Gasteiger partial charge in [-0.15, -0.1) is 5.10 Å². The highest BCUT2D eigenvalue weighted by Gasteiger charge is 2.25. The first-order chi connectivity index (χ1) is 9.24. The molecule has 19 heavy (non-hydrogen) atoms. The van der Waals surface area contributed by atoms with Crippen molar-refractivity contribution < 1.29 is 9.90 Å². The average molecular weight is 261 g/mol. The summed E-state index contributed by atoms with van der Waals surface area (Å²) in [5.74, 6) is 0.0579. The molecule has 5 heteroatoms. The summed E-state index contributed by atoms with van der Waals surface area (Å²) < 4.78 is 0. The molecule has 1 aromatic heterocycles. The third-order valence-corrected chi connectivity index (χ3v) is 4.23. The number of fused-ring (bicyclic) bond motifs is 1. The van der Waals surface area contributed by atoms with E-state index in [1.807, 2.05) is 0 Å². The van der Waals surface area contributed by atoms with Crippen LogP contribution in [0.4, 0.5) is 5.82 Å². The summed E-state index contributed by atoms with van der Waals surface area (Å²) in [6.45, 7) is 1.54. The van der Waals surface area contributed by atoms with Crippen molar-refractivity contribution in [3.63, 3.8) is 0 Å². The first-order valence-corrected chi connectivity index (χ1v) is 7.07. The maximum absolute atomic E-state index is 10.9. The second kappa shape index (κ2) is 5.15. The zero-order valence-electron chi connectivity index (χ0n) is 11.0. The summed E-state index contributed by atoms with van der Waals surface area (Å²) >= 11 is 0. The van der Waals surface area contributed by atoms with Crippen LogP contribution in [0.5, 0.6) is 0 Å². The number of nitrogens with zero attached hydrogens (tertiary/aromatic N) is 3. The Hall–Kier alpha value is -1.65.